The number of ether oxygens (including phenoxy) is 1. The van der Waals surface area contributed by atoms with Crippen molar-refractivity contribution < 1.29 is 14.3 Å². The van der Waals surface area contributed by atoms with E-state index < -0.39 is 12.0 Å². The Morgan fingerprint density at radius 1 is 1.56 bits per heavy atom. The maximum Gasteiger partial charge on any atom is 0.349 e. The lowest BCUT2D eigenvalue weighted by molar-refractivity contribution is -0.121. The second kappa shape index (κ2) is 6.95. The van der Waals surface area contributed by atoms with Gasteiger partial charge < -0.3 is 15.4 Å². The van der Waals surface area contributed by atoms with Gasteiger partial charge in [0.1, 0.15) is 10.9 Å². The Hall–Kier alpha value is -1.63. The standard InChI is InChI=1S/C11H17N3O3S/c1-4-5-12-9(15)7(2)14-11-13-6-8(18-11)10(16)17-3/h6-7H,4-5H2,1-3H3,(H,12,15)(H,13,14). The average molecular weight is 271 g/mol. The van der Waals surface area contributed by atoms with Gasteiger partial charge in [-0.1, -0.05) is 18.3 Å². The number of hydrogen-bond donors (Lipinski definition) is 2. The summed E-state index contributed by atoms with van der Waals surface area (Å²) in [6.07, 6.45) is 2.32. The summed E-state index contributed by atoms with van der Waals surface area (Å²) in [6.45, 7) is 4.38. The Morgan fingerprint density at radius 3 is 2.89 bits per heavy atom. The highest BCUT2D eigenvalue weighted by molar-refractivity contribution is 7.17. The Morgan fingerprint density at radius 2 is 2.28 bits per heavy atom. The van der Waals surface area contributed by atoms with Crippen LogP contribution in [0, 0.1) is 0 Å². The van der Waals surface area contributed by atoms with Crippen LogP contribution in [0.15, 0.2) is 6.20 Å². The highest BCUT2D eigenvalue weighted by atomic mass is 32.1. The van der Waals surface area contributed by atoms with Gasteiger partial charge in [-0.2, -0.15) is 0 Å². The van der Waals surface area contributed by atoms with Crippen LogP contribution >= 0.6 is 11.3 Å². The molecule has 1 rings (SSSR count). The number of aromatic nitrogens is 1. The van der Waals surface area contributed by atoms with Gasteiger partial charge in [0.15, 0.2) is 5.13 Å². The average Bonchev–Trinajstić information content (AvgIpc) is 2.83. The van der Waals surface area contributed by atoms with E-state index in [2.05, 4.69) is 20.4 Å². The predicted octanol–water partition coefficient (Wildman–Crippen LogP) is 1.26. The normalized spacial score (nSPS) is 11.7. The number of nitrogens with one attached hydrogen (secondary N) is 2. The molecule has 1 heterocycles. The first-order valence-electron chi connectivity index (χ1n) is 5.66. The molecular formula is C11H17N3O3S. The lowest BCUT2D eigenvalue weighted by Gasteiger charge is -2.12. The Balaban J connectivity index is 2.54. The number of anilines is 1. The van der Waals surface area contributed by atoms with E-state index in [9.17, 15) is 9.59 Å². The monoisotopic (exact) mass is 271 g/mol. The number of rotatable bonds is 6. The van der Waals surface area contributed by atoms with Gasteiger partial charge in [-0.15, -0.1) is 0 Å². The van der Waals surface area contributed by atoms with Crippen LogP contribution in [0.5, 0.6) is 0 Å². The van der Waals surface area contributed by atoms with E-state index in [-0.39, 0.29) is 5.91 Å². The zero-order valence-electron chi connectivity index (χ0n) is 10.6. The third kappa shape index (κ3) is 3.99. The van der Waals surface area contributed by atoms with Gasteiger partial charge in [-0.25, -0.2) is 9.78 Å². The number of esters is 1. The first-order chi connectivity index (χ1) is 8.58. The van der Waals surface area contributed by atoms with Gasteiger partial charge in [0, 0.05) is 6.54 Å². The summed E-state index contributed by atoms with van der Waals surface area (Å²) in [5, 5.41) is 6.24. The number of carbonyl (C=O) groups excluding carboxylic acids is 2. The molecule has 0 fully saturated rings. The van der Waals surface area contributed by atoms with E-state index in [4.69, 9.17) is 0 Å². The molecule has 2 N–H and O–H groups in total. The van der Waals surface area contributed by atoms with Crippen molar-refractivity contribution in [1.82, 2.24) is 10.3 Å². The molecule has 6 nitrogen and oxygen atoms in total. The van der Waals surface area contributed by atoms with Crippen LogP contribution in [-0.4, -0.2) is 36.6 Å². The Labute approximate surface area is 110 Å². The molecule has 0 aliphatic carbocycles. The molecule has 100 valence electrons. The minimum Gasteiger partial charge on any atom is -0.465 e. The molecule has 7 heteroatoms. The number of methoxy groups -OCH3 is 1. The van der Waals surface area contributed by atoms with Gasteiger partial charge in [0.25, 0.3) is 0 Å². The fourth-order valence-electron chi connectivity index (χ4n) is 1.19. The second-order valence-corrected chi connectivity index (χ2v) is 4.71. The summed E-state index contributed by atoms with van der Waals surface area (Å²) in [4.78, 5) is 27.3. The first-order valence-corrected chi connectivity index (χ1v) is 6.48. The van der Waals surface area contributed by atoms with Crippen LogP contribution < -0.4 is 10.6 Å². The van der Waals surface area contributed by atoms with Crippen LogP contribution in [-0.2, 0) is 9.53 Å². The summed E-state index contributed by atoms with van der Waals surface area (Å²) in [5.41, 5.74) is 0. The van der Waals surface area contributed by atoms with E-state index in [0.717, 1.165) is 17.8 Å². The van der Waals surface area contributed by atoms with E-state index >= 15 is 0 Å². The fraction of sp³-hybridized carbons (Fsp3) is 0.545. The smallest absolute Gasteiger partial charge is 0.349 e. The molecule has 0 aliphatic rings. The van der Waals surface area contributed by atoms with E-state index in [0.29, 0.717) is 16.6 Å². The molecule has 0 saturated heterocycles. The molecule has 1 aromatic rings. The van der Waals surface area contributed by atoms with Crippen LogP contribution in [0.2, 0.25) is 0 Å². The van der Waals surface area contributed by atoms with Gasteiger partial charge in [-0.3, -0.25) is 4.79 Å². The summed E-state index contributed by atoms with van der Waals surface area (Å²) in [6, 6.07) is -0.395. The molecule has 1 aromatic heterocycles. The summed E-state index contributed by atoms with van der Waals surface area (Å²) < 4.78 is 4.58. The van der Waals surface area contributed by atoms with Crippen molar-refractivity contribution in [2.24, 2.45) is 0 Å². The molecule has 18 heavy (non-hydrogen) atoms. The third-order valence-electron chi connectivity index (χ3n) is 2.17. The van der Waals surface area contributed by atoms with E-state index in [1.807, 2.05) is 6.92 Å². The van der Waals surface area contributed by atoms with Crippen LogP contribution in [0.25, 0.3) is 0 Å². The van der Waals surface area contributed by atoms with Crippen molar-refractivity contribution in [3.05, 3.63) is 11.1 Å². The number of carbonyl (C=O) groups is 2. The SMILES string of the molecule is CCCNC(=O)C(C)Nc1ncc(C(=O)OC)s1. The highest BCUT2D eigenvalue weighted by Gasteiger charge is 2.15. The van der Waals surface area contributed by atoms with Crippen molar-refractivity contribution in [2.45, 2.75) is 26.3 Å². The Kier molecular flexibility index (Phi) is 5.57. The van der Waals surface area contributed by atoms with Crippen molar-refractivity contribution in [3.63, 3.8) is 0 Å². The summed E-state index contributed by atoms with van der Waals surface area (Å²) in [5.74, 6) is -0.518. The first kappa shape index (κ1) is 14.4. The molecule has 0 bridgehead atoms. The molecule has 1 atom stereocenters. The quantitative estimate of drug-likeness (QED) is 0.761. The molecule has 0 radical (unpaired) electrons. The minimum absolute atomic E-state index is 0.0910. The van der Waals surface area contributed by atoms with Crippen LogP contribution in [0.4, 0.5) is 5.13 Å². The molecule has 0 aliphatic heterocycles. The van der Waals surface area contributed by atoms with Gasteiger partial charge >= 0.3 is 5.97 Å². The fourth-order valence-corrected chi connectivity index (χ4v) is 2.01. The van der Waals surface area contributed by atoms with Gasteiger partial charge in [0.2, 0.25) is 5.91 Å². The lowest BCUT2D eigenvalue weighted by atomic mass is 10.3. The largest absolute Gasteiger partial charge is 0.465 e. The zero-order chi connectivity index (χ0) is 13.5. The van der Waals surface area contributed by atoms with Crippen molar-refractivity contribution >= 4 is 28.3 Å². The predicted molar refractivity (Wildman–Crippen MR) is 69.8 cm³/mol. The molecule has 0 spiro atoms. The molecule has 1 unspecified atom stereocenters. The maximum atomic E-state index is 11.6. The van der Waals surface area contributed by atoms with Crippen molar-refractivity contribution in [1.29, 1.82) is 0 Å². The number of nitrogens with zero attached hydrogens (tertiary/aromatic N) is 1. The van der Waals surface area contributed by atoms with Crippen molar-refractivity contribution in [2.75, 3.05) is 19.0 Å². The number of hydrogen-bond acceptors (Lipinski definition) is 6. The summed E-state index contributed by atoms with van der Waals surface area (Å²) in [7, 11) is 1.32. The molecule has 0 saturated carbocycles. The van der Waals surface area contributed by atoms with Crippen molar-refractivity contribution in [3.8, 4) is 0 Å². The highest BCUT2D eigenvalue weighted by Crippen LogP contribution is 2.19. The van der Waals surface area contributed by atoms with Gasteiger partial charge in [0.05, 0.1) is 13.3 Å². The number of amides is 1. The maximum absolute atomic E-state index is 11.6. The lowest BCUT2D eigenvalue weighted by Crippen LogP contribution is -2.37. The minimum atomic E-state index is -0.427. The van der Waals surface area contributed by atoms with E-state index in [1.165, 1.54) is 13.3 Å². The van der Waals surface area contributed by atoms with Crippen LogP contribution in [0.1, 0.15) is 29.9 Å². The van der Waals surface area contributed by atoms with Crippen LogP contribution in [0.3, 0.4) is 0 Å². The third-order valence-corrected chi connectivity index (χ3v) is 3.08. The van der Waals surface area contributed by atoms with Gasteiger partial charge in [-0.05, 0) is 13.3 Å². The molecule has 1 amide bonds. The van der Waals surface area contributed by atoms with E-state index in [1.54, 1.807) is 6.92 Å². The second-order valence-electron chi connectivity index (χ2n) is 3.68. The molecule has 0 aromatic carbocycles. The topological polar surface area (TPSA) is 80.3 Å². The Bertz CT molecular complexity index is 419. The summed E-state index contributed by atoms with van der Waals surface area (Å²) >= 11 is 1.16. The number of thiazole rings is 1. The molecular weight excluding hydrogens is 254 g/mol. The zero-order valence-corrected chi connectivity index (χ0v) is 11.5.